The van der Waals surface area contributed by atoms with Gasteiger partial charge >= 0.3 is 5.97 Å². The Balaban J connectivity index is 1.28. The number of thioether (sulfide) groups is 1. The fraction of sp³-hybridized carbons (Fsp3) is 0.323. The molecule has 2 aromatic heterocycles. The van der Waals surface area contributed by atoms with Gasteiger partial charge in [-0.25, -0.2) is 4.79 Å². The van der Waals surface area contributed by atoms with Crippen LogP contribution in [0.15, 0.2) is 59.8 Å². The molecule has 0 saturated heterocycles. The lowest BCUT2D eigenvalue weighted by molar-refractivity contribution is -0.384. The summed E-state index contributed by atoms with van der Waals surface area (Å²) in [5.74, 6) is -0.578. The standard InChI is InChI=1S/C31H32N6O6S2/c1-2-43-30(40)27-23-10-6-7-11-24(23)45-29(27)33-26(38)19-44-31-35-34-25(36(31)17-16-20-8-4-3-5-9-20)18-32-28(39)21-12-14-22(15-13-21)37(41)42/h3-5,8-9,12-15H,2,6-7,10-11,16-19H2,1H3,(H,32,39)(H,33,38). The topological polar surface area (TPSA) is 158 Å². The highest BCUT2D eigenvalue weighted by Crippen LogP contribution is 2.38. The van der Waals surface area contributed by atoms with Gasteiger partial charge in [0.05, 0.1) is 29.4 Å². The molecule has 12 nitrogen and oxygen atoms in total. The Bertz CT molecular complexity index is 1690. The number of fused-ring (bicyclic) bond motifs is 1. The Kier molecular flexibility index (Phi) is 10.6. The molecule has 45 heavy (non-hydrogen) atoms. The fourth-order valence-electron chi connectivity index (χ4n) is 5.03. The number of benzene rings is 2. The van der Waals surface area contributed by atoms with Crippen LogP contribution in [-0.2, 0) is 41.9 Å². The van der Waals surface area contributed by atoms with Crippen molar-refractivity contribution in [2.45, 2.75) is 57.3 Å². The summed E-state index contributed by atoms with van der Waals surface area (Å²) >= 11 is 2.65. The van der Waals surface area contributed by atoms with E-state index in [9.17, 15) is 24.5 Å². The van der Waals surface area contributed by atoms with Gasteiger partial charge in [-0.3, -0.25) is 19.7 Å². The molecule has 0 unspecified atom stereocenters. The molecule has 0 atom stereocenters. The number of nitrogens with zero attached hydrogens (tertiary/aromatic N) is 4. The van der Waals surface area contributed by atoms with E-state index in [0.717, 1.165) is 41.7 Å². The third-order valence-corrected chi connectivity index (χ3v) is 9.42. The van der Waals surface area contributed by atoms with Gasteiger partial charge in [-0.15, -0.1) is 21.5 Å². The van der Waals surface area contributed by atoms with Crippen molar-refractivity contribution < 1.29 is 24.0 Å². The highest BCUT2D eigenvalue weighted by molar-refractivity contribution is 7.99. The van der Waals surface area contributed by atoms with E-state index in [4.69, 9.17) is 4.74 Å². The quantitative estimate of drug-likeness (QED) is 0.0859. The molecule has 2 heterocycles. The Morgan fingerprint density at radius 1 is 1.07 bits per heavy atom. The average molecular weight is 649 g/mol. The summed E-state index contributed by atoms with van der Waals surface area (Å²) in [6.07, 6.45) is 4.39. The van der Waals surface area contributed by atoms with Crippen LogP contribution in [-0.4, -0.2) is 49.8 Å². The first-order chi connectivity index (χ1) is 21.8. The summed E-state index contributed by atoms with van der Waals surface area (Å²) in [6, 6.07) is 15.2. The third kappa shape index (κ3) is 7.94. The molecule has 4 aromatic rings. The molecule has 2 amide bonds. The highest BCUT2D eigenvalue weighted by Gasteiger charge is 2.27. The molecule has 0 spiro atoms. The molecule has 2 N–H and O–H groups in total. The van der Waals surface area contributed by atoms with E-state index in [1.54, 1.807) is 6.92 Å². The second-order valence-corrected chi connectivity index (χ2v) is 12.3. The minimum absolute atomic E-state index is 0.0312. The summed E-state index contributed by atoms with van der Waals surface area (Å²) < 4.78 is 7.17. The van der Waals surface area contributed by atoms with E-state index in [1.165, 1.54) is 47.4 Å². The van der Waals surface area contributed by atoms with Crippen molar-refractivity contribution in [3.8, 4) is 0 Å². The molecule has 0 bridgehead atoms. The second-order valence-electron chi connectivity index (χ2n) is 10.2. The van der Waals surface area contributed by atoms with Crippen molar-refractivity contribution in [3.63, 3.8) is 0 Å². The molecular formula is C31H32N6O6S2. The van der Waals surface area contributed by atoms with Gasteiger partial charge in [0, 0.05) is 29.1 Å². The van der Waals surface area contributed by atoms with Crippen LogP contribution in [0.25, 0.3) is 0 Å². The summed E-state index contributed by atoms with van der Waals surface area (Å²) in [4.78, 5) is 50.2. The first kappa shape index (κ1) is 31.9. The minimum atomic E-state index is -0.524. The van der Waals surface area contributed by atoms with E-state index in [0.29, 0.717) is 34.5 Å². The third-order valence-electron chi connectivity index (χ3n) is 7.24. The number of ether oxygens (including phenoxy) is 1. The number of esters is 1. The molecular weight excluding hydrogens is 617 g/mol. The fourth-order valence-corrected chi connectivity index (χ4v) is 7.11. The molecule has 0 saturated carbocycles. The van der Waals surface area contributed by atoms with E-state index in [2.05, 4.69) is 20.8 Å². The summed E-state index contributed by atoms with van der Waals surface area (Å²) in [5, 5.41) is 26.3. The predicted molar refractivity (Wildman–Crippen MR) is 171 cm³/mol. The van der Waals surface area contributed by atoms with Crippen LogP contribution in [0.3, 0.4) is 0 Å². The van der Waals surface area contributed by atoms with Crippen molar-refractivity contribution >= 4 is 51.6 Å². The Labute approximate surface area is 267 Å². The number of nitro benzene ring substituents is 1. The van der Waals surface area contributed by atoms with E-state index in [1.807, 2.05) is 34.9 Å². The number of aryl methyl sites for hydroxylation is 2. The first-order valence-corrected chi connectivity index (χ1v) is 16.4. The van der Waals surface area contributed by atoms with Crippen molar-refractivity contribution in [2.75, 3.05) is 17.7 Å². The van der Waals surface area contributed by atoms with Gasteiger partial charge < -0.3 is 19.9 Å². The van der Waals surface area contributed by atoms with Crippen molar-refractivity contribution in [1.29, 1.82) is 0 Å². The van der Waals surface area contributed by atoms with Crippen LogP contribution < -0.4 is 10.6 Å². The SMILES string of the molecule is CCOC(=O)c1c(NC(=O)CSc2nnc(CNC(=O)c3ccc([N+](=O)[O-])cc3)n2CCc2ccccc2)sc2c1CCCC2. The van der Waals surface area contributed by atoms with Crippen LogP contribution in [0.1, 0.15) is 62.3 Å². The predicted octanol–water partition coefficient (Wildman–Crippen LogP) is 5.21. The first-order valence-electron chi connectivity index (χ1n) is 14.6. The van der Waals surface area contributed by atoms with Crippen LogP contribution in [0.4, 0.5) is 10.7 Å². The number of hydrogen-bond acceptors (Lipinski definition) is 10. The summed E-state index contributed by atoms with van der Waals surface area (Å²) in [5.41, 5.74) is 2.72. The zero-order valence-electron chi connectivity index (χ0n) is 24.6. The largest absolute Gasteiger partial charge is 0.462 e. The summed E-state index contributed by atoms with van der Waals surface area (Å²) in [6.45, 7) is 2.58. The number of rotatable bonds is 13. The van der Waals surface area contributed by atoms with Crippen molar-refractivity contribution in [3.05, 3.63) is 97.7 Å². The van der Waals surface area contributed by atoms with Gasteiger partial charge in [-0.1, -0.05) is 42.1 Å². The number of carbonyl (C=O) groups is 3. The van der Waals surface area contributed by atoms with E-state index < -0.39 is 16.8 Å². The number of nitrogens with one attached hydrogen (secondary N) is 2. The van der Waals surface area contributed by atoms with Crippen LogP contribution in [0.2, 0.25) is 0 Å². The van der Waals surface area contributed by atoms with E-state index in [-0.39, 0.29) is 36.1 Å². The lowest BCUT2D eigenvalue weighted by atomic mass is 9.95. The minimum Gasteiger partial charge on any atom is -0.462 e. The molecule has 1 aliphatic rings. The normalized spacial score (nSPS) is 12.3. The molecule has 0 aliphatic heterocycles. The van der Waals surface area contributed by atoms with Gasteiger partial charge in [0.2, 0.25) is 5.91 Å². The second kappa shape index (κ2) is 14.9. The van der Waals surface area contributed by atoms with Crippen molar-refractivity contribution in [2.24, 2.45) is 0 Å². The van der Waals surface area contributed by atoms with Crippen LogP contribution >= 0.6 is 23.1 Å². The number of hydrogen-bond donors (Lipinski definition) is 2. The summed E-state index contributed by atoms with van der Waals surface area (Å²) in [7, 11) is 0. The molecule has 0 radical (unpaired) electrons. The monoisotopic (exact) mass is 648 g/mol. The number of aromatic nitrogens is 3. The Morgan fingerprint density at radius 3 is 2.56 bits per heavy atom. The van der Waals surface area contributed by atoms with Crippen molar-refractivity contribution in [1.82, 2.24) is 20.1 Å². The molecule has 1 aliphatic carbocycles. The van der Waals surface area contributed by atoms with Gasteiger partial charge in [-0.05, 0) is 62.3 Å². The average Bonchev–Trinajstić information content (AvgIpc) is 3.62. The van der Waals surface area contributed by atoms with Gasteiger partial charge in [0.15, 0.2) is 11.0 Å². The number of amides is 2. The zero-order chi connectivity index (χ0) is 31.8. The van der Waals surface area contributed by atoms with Gasteiger partial charge in [-0.2, -0.15) is 0 Å². The number of thiophene rings is 1. The smallest absolute Gasteiger partial charge is 0.341 e. The maximum absolute atomic E-state index is 13.1. The van der Waals surface area contributed by atoms with Crippen LogP contribution in [0.5, 0.6) is 0 Å². The molecule has 2 aromatic carbocycles. The van der Waals surface area contributed by atoms with Crippen LogP contribution in [0, 0.1) is 10.1 Å². The lowest BCUT2D eigenvalue weighted by Gasteiger charge is -2.12. The number of carbonyl (C=O) groups excluding carboxylic acids is 3. The maximum Gasteiger partial charge on any atom is 0.341 e. The van der Waals surface area contributed by atoms with Gasteiger partial charge in [0.25, 0.3) is 11.6 Å². The van der Waals surface area contributed by atoms with Gasteiger partial charge in [0.1, 0.15) is 5.00 Å². The molecule has 14 heteroatoms. The number of anilines is 1. The zero-order valence-corrected chi connectivity index (χ0v) is 26.2. The molecule has 5 rings (SSSR count). The highest BCUT2D eigenvalue weighted by atomic mass is 32.2. The molecule has 234 valence electrons. The number of nitro groups is 1. The Morgan fingerprint density at radius 2 is 1.82 bits per heavy atom. The molecule has 0 fully saturated rings. The number of non-ortho nitro benzene ring substituents is 1. The van der Waals surface area contributed by atoms with E-state index >= 15 is 0 Å². The lowest BCUT2D eigenvalue weighted by Crippen LogP contribution is -2.25. The Hall–Kier alpha value is -4.56. The maximum atomic E-state index is 13.1.